The van der Waals surface area contributed by atoms with E-state index in [1.54, 1.807) is 30.3 Å². The zero-order valence-corrected chi connectivity index (χ0v) is 12.4. The number of nitrogen functional groups attached to an aromatic ring is 1. The minimum Gasteiger partial charge on any atom is -0.710 e. The van der Waals surface area contributed by atoms with Crippen molar-refractivity contribution in [3.63, 3.8) is 0 Å². The molecule has 0 aliphatic rings. The number of anilines is 1. The molecule has 22 heavy (non-hydrogen) atoms. The summed E-state index contributed by atoms with van der Waals surface area (Å²) in [6.07, 6.45) is 0. The Hall–Kier alpha value is -2.73. The molecule has 0 fully saturated rings. The van der Waals surface area contributed by atoms with E-state index in [9.17, 15) is 10.4 Å². The van der Waals surface area contributed by atoms with Crippen molar-refractivity contribution in [2.75, 3.05) is 12.8 Å². The van der Waals surface area contributed by atoms with Crippen LogP contribution in [0.1, 0.15) is 0 Å². The van der Waals surface area contributed by atoms with E-state index < -0.39 is 0 Å². The summed E-state index contributed by atoms with van der Waals surface area (Å²) in [5.74, 6) is 0.286. The summed E-state index contributed by atoms with van der Waals surface area (Å²) >= 11 is 5.95. The van der Waals surface area contributed by atoms with Crippen molar-refractivity contribution in [3.8, 4) is 17.0 Å². The van der Waals surface area contributed by atoms with Gasteiger partial charge >= 0.3 is 11.5 Å². The standard InChI is InChI=1S/C15H12ClN3O3/c1-22-11-5-6-12-13(8-11)18(20)14(15(17)19(12)21)9-3-2-4-10(16)7-9/h2-8H,17H2,1H3. The highest BCUT2D eigenvalue weighted by Gasteiger charge is 2.26. The first kappa shape index (κ1) is 14.2. The molecule has 2 N–H and O–H groups in total. The number of ether oxygens (including phenoxy) is 1. The summed E-state index contributed by atoms with van der Waals surface area (Å²) in [4.78, 5) is 0. The normalized spacial score (nSPS) is 10.8. The molecule has 0 amide bonds. The van der Waals surface area contributed by atoms with Crippen molar-refractivity contribution < 1.29 is 14.2 Å². The average molecular weight is 318 g/mol. The van der Waals surface area contributed by atoms with Crippen LogP contribution in [-0.4, -0.2) is 7.11 Å². The number of hydrogen-bond acceptors (Lipinski definition) is 4. The molecule has 2 aromatic carbocycles. The van der Waals surface area contributed by atoms with Gasteiger partial charge in [-0.05, 0) is 30.3 Å². The predicted octanol–water partition coefficient (Wildman–Crippen LogP) is 2.02. The molecule has 112 valence electrons. The molecule has 0 saturated heterocycles. The number of hydrogen-bond donors (Lipinski definition) is 1. The van der Waals surface area contributed by atoms with Crippen LogP contribution >= 0.6 is 11.6 Å². The fraction of sp³-hybridized carbons (Fsp3) is 0.0667. The Morgan fingerprint density at radius 1 is 1.05 bits per heavy atom. The Morgan fingerprint density at radius 3 is 2.50 bits per heavy atom. The fourth-order valence-corrected chi connectivity index (χ4v) is 2.51. The lowest BCUT2D eigenvalue weighted by Crippen LogP contribution is -2.42. The maximum absolute atomic E-state index is 12.7. The molecule has 0 spiro atoms. The average Bonchev–Trinajstić information content (AvgIpc) is 2.52. The van der Waals surface area contributed by atoms with Crippen molar-refractivity contribution in [3.05, 3.63) is 57.9 Å². The number of nitrogens with zero attached hydrogens (tertiary/aromatic N) is 2. The van der Waals surface area contributed by atoms with Crippen molar-refractivity contribution in [2.24, 2.45) is 0 Å². The summed E-state index contributed by atoms with van der Waals surface area (Å²) < 4.78 is 6.24. The van der Waals surface area contributed by atoms with E-state index in [2.05, 4.69) is 0 Å². The maximum Gasteiger partial charge on any atom is 0.351 e. The molecular weight excluding hydrogens is 306 g/mol. The molecule has 1 heterocycles. The number of fused-ring (bicyclic) bond motifs is 1. The molecule has 0 bridgehead atoms. The maximum atomic E-state index is 12.7. The Kier molecular flexibility index (Phi) is 3.38. The van der Waals surface area contributed by atoms with Crippen molar-refractivity contribution in [1.29, 1.82) is 0 Å². The monoisotopic (exact) mass is 317 g/mol. The highest BCUT2D eigenvalue weighted by atomic mass is 35.5. The molecule has 0 unspecified atom stereocenters. The summed E-state index contributed by atoms with van der Waals surface area (Å²) in [6, 6.07) is 11.2. The third-order valence-corrected chi connectivity index (χ3v) is 3.62. The van der Waals surface area contributed by atoms with Crippen LogP contribution in [0.3, 0.4) is 0 Å². The summed E-state index contributed by atoms with van der Waals surface area (Å²) in [6.45, 7) is 0. The van der Waals surface area contributed by atoms with E-state index in [0.29, 0.717) is 25.8 Å². The van der Waals surface area contributed by atoms with Crippen LogP contribution < -0.4 is 19.9 Å². The van der Waals surface area contributed by atoms with Gasteiger partial charge in [0.25, 0.3) is 5.52 Å². The predicted molar refractivity (Wildman–Crippen MR) is 83.3 cm³/mol. The van der Waals surface area contributed by atoms with Crippen LogP contribution in [0.4, 0.5) is 5.82 Å². The van der Waals surface area contributed by atoms with Gasteiger partial charge in [-0.3, -0.25) is 5.73 Å². The van der Waals surface area contributed by atoms with Crippen LogP contribution in [0.25, 0.3) is 22.3 Å². The van der Waals surface area contributed by atoms with Gasteiger partial charge in [-0.2, -0.15) is 4.73 Å². The van der Waals surface area contributed by atoms with Crippen molar-refractivity contribution in [1.82, 2.24) is 0 Å². The lowest BCUT2D eigenvalue weighted by atomic mass is 10.1. The van der Waals surface area contributed by atoms with Gasteiger partial charge in [-0.1, -0.05) is 17.7 Å². The number of rotatable bonds is 2. The van der Waals surface area contributed by atoms with Gasteiger partial charge in [-0.25, -0.2) is 4.73 Å². The number of aromatic nitrogens is 2. The van der Waals surface area contributed by atoms with E-state index in [1.165, 1.54) is 19.2 Å². The minimum absolute atomic E-state index is 0.0539. The lowest BCUT2D eigenvalue weighted by molar-refractivity contribution is -0.609. The molecule has 0 radical (unpaired) electrons. The Morgan fingerprint density at radius 2 is 1.82 bits per heavy atom. The van der Waals surface area contributed by atoms with Gasteiger partial charge in [0.2, 0.25) is 5.52 Å². The third kappa shape index (κ3) is 2.14. The van der Waals surface area contributed by atoms with E-state index in [-0.39, 0.29) is 22.5 Å². The summed E-state index contributed by atoms with van der Waals surface area (Å²) in [7, 11) is 1.48. The van der Waals surface area contributed by atoms with E-state index >= 15 is 0 Å². The van der Waals surface area contributed by atoms with Gasteiger partial charge in [0.1, 0.15) is 5.75 Å². The van der Waals surface area contributed by atoms with Crippen molar-refractivity contribution in [2.45, 2.75) is 0 Å². The highest BCUT2D eigenvalue weighted by molar-refractivity contribution is 6.30. The van der Waals surface area contributed by atoms with Gasteiger partial charge in [0.15, 0.2) is 0 Å². The zero-order chi connectivity index (χ0) is 15.9. The quantitative estimate of drug-likeness (QED) is 0.578. The molecular formula is C15H12ClN3O3. The van der Waals surface area contributed by atoms with Crippen LogP contribution in [0.5, 0.6) is 5.75 Å². The largest absolute Gasteiger partial charge is 0.710 e. The SMILES string of the molecule is COc1ccc2c(c1)[n+]([O-])c(-c1cccc(Cl)c1)c(N)[n+]2[O-]. The zero-order valence-electron chi connectivity index (χ0n) is 11.6. The first-order valence-corrected chi connectivity index (χ1v) is 6.79. The highest BCUT2D eigenvalue weighted by Crippen LogP contribution is 2.25. The molecule has 0 aliphatic carbocycles. The van der Waals surface area contributed by atoms with Crippen LogP contribution in [0, 0.1) is 10.4 Å². The second kappa shape index (κ2) is 5.23. The molecule has 6 nitrogen and oxygen atoms in total. The smallest absolute Gasteiger partial charge is 0.351 e. The second-order valence-electron chi connectivity index (χ2n) is 4.69. The fourth-order valence-electron chi connectivity index (χ4n) is 2.32. The summed E-state index contributed by atoms with van der Waals surface area (Å²) in [5.41, 5.74) is 6.71. The van der Waals surface area contributed by atoms with Crippen LogP contribution in [0.2, 0.25) is 5.02 Å². The van der Waals surface area contributed by atoms with Gasteiger partial charge in [0, 0.05) is 5.02 Å². The lowest BCUT2D eigenvalue weighted by Gasteiger charge is -2.14. The molecule has 0 atom stereocenters. The Balaban J connectivity index is 2.40. The Bertz CT molecular complexity index is 884. The number of benzene rings is 2. The van der Waals surface area contributed by atoms with E-state index in [0.717, 1.165) is 0 Å². The topological polar surface area (TPSA) is 89.1 Å². The molecule has 0 saturated carbocycles. The third-order valence-electron chi connectivity index (χ3n) is 3.38. The van der Waals surface area contributed by atoms with Gasteiger partial charge in [0.05, 0.1) is 18.7 Å². The molecule has 1 aromatic heterocycles. The van der Waals surface area contributed by atoms with E-state index in [1.807, 2.05) is 0 Å². The minimum atomic E-state index is -0.185. The summed E-state index contributed by atoms with van der Waals surface area (Å²) in [5, 5.41) is 25.4. The first-order chi connectivity index (χ1) is 10.5. The number of nitrogens with two attached hydrogens (primary N) is 1. The first-order valence-electron chi connectivity index (χ1n) is 6.41. The molecule has 3 rings (SSSR count). The van der Waals surface area contributed by atoms with Crippen LogP contribution in [-0.2, 0) is 0 Å². The Labute approximate surface area is 131 Å². The molecule has 0 aliphatic heterocycles. The number of methoxy groups -OCH3 is 1. The van der Waals surface area contributed by atoms with Gasteiger partial charge < -0.3 is 15.2 Å². The van der Waals surface area contributed by atoms with Crippen molar-refractivity contribution >= 4 is 28.5 Å². The molecule has 3 aromatic rings. The van der Waals surface area contributed by atoms with Gasteiger partial charge in [-0.15, -0.1) is 0 Å². The second-order valence-corrected chi connectivity index (χ2v) is 5.12. The van der Waals surface area contributed by atoms with Crippen LogP contribution in [0.15, 0.2) is 42.5 Å². The molecule has 7 heteroatoms. The van der Waals surface area contributed by atoms with E-state index in [4.69, 9.17) is 22.1 Å². The number of halogens is 1.